The zero-order chi connectivity index (χ0) is 9.61. The van der Waals surface area contributed by atoms with Gasteiger partial charge in [-0.25, -0.2) is 5.43 Å². The van der Waals surface area contributed by atoms with Crippen molar-refractivity contribution >= 4 is 5.91 Å². The van der Waals surface area contributed by atoms with Gasteiger partial charge in [-0.15, -0.1) is 0 Å². The average Bonchev–Trinajstić information content (AvgIpc) is 1.96. The number of hydrazine groups is 1. The summed E-state index contributed by atoms with van der Waals surface area (Å²) in [5.41, 5.74) is 4.85. The fraction of sp³-hybridized carbons (Fsp3) is 0.875. The smallest absolute Gasteiger partial charge is 0.239 e. The maximum Gasteiger partial charge on any atom is 0.239 e. The van der Waals surface area contributed by atoms with Gasteiger partial charge in [0.25, 0.3) is 0 Å². The highest BCUT2D eigenvalue weighted by atomic mass is 16.5. The third-order valence-corrected chi connectivity index (χ3v) is 1.26. The molecule has 1 amide bonds. The monoisotopic (exact) mass is 174 g/mol. The van der Waals surface area contributed by atoms with Crippen LogP contribution in [0.4, 0.5) is 0 Å². The number of rotatable bonds is 4. The Morgan fingerprint density at radius 2 is 2.00 bits per heavy atom. The SMILES string of the molecule is CCOCNNC(=O)C(C)(C)C. The third kappa shape index (κ3) is 5.09. The van der Waals surface area contributed by atoms with Crippen LogP contribution < -0.4 is 10.9 Å². The van der Waals surface area contributed by atoms with E-state index in [-0.39, 0.29) is 11.3 Å². The first-order valence-electron chi connectivity index (χ1n) is 4.09. The lowest BCUT2D eigenvalue weighted by atomic mass is 9.96. The average molecular weight is 174 g/mol. The Hall–Kier alpha value is -0.610. The molecule has 0 saturated heterocycles. The molecule has 0 spiro atoms. The molecule has 0 aromatic heterocycles. The van der Waals surface area contributed by atoms with E-state index in [2.05, 4.69) is 10.9 Å². The molecule has 0 radical (unpaired) electrons. The van der Waals surface area contributed by atoms with Crippen molar-refractivity contribution in [2.75, 3.05) is 13.3 Å². The number of carbonyl (C=O) groups excluding carboxylic acids is 1. The standard InChI is InChI=1S/C8H18N2O2/c1-5-12-6-9-10-7(11)8(2,3)4/h9H,5-6H2,1-4H3,(H,10,11). The van der Waals surface area contributed by atoms with E-state index in [0.29, 0.717) is 13.3 Å². The highest BCUT2D eigenvalue weighted by Crippen LogP contribution is 2.11. The first-order valence-corrected chi connectivity index (χ1v) is 4.09. The van der Waals surface area contributed by atoms with Crippen LogP contribution in [0.15, 0.2) is 0 Å². The van der Waals surface area contributed by atoms with Gasteiger partial charge in [-0.3, -0.25) is 10.2 Å². The van der Waals surface area contributed by atoms with E-state index in [4.69, 9.17) is 4.74 Å². The van der Waals surface area contributed by atoms with Gasteiger partial charge in [0.1, 0.15) is 6.73 Å². The third-order valence-electron chi connectivity index (χ3n) is 1.26. The van der Waals surface area contributed by atoms with Gasteiger partial charge in [-0.05, 0) is 6.92 Å². The lowest BCUT2D eigenvalue weighted by Gasteiger charge is -2.17. The van der Waals surface area contributed by atoms with E-state index in [1.165, 1.54) is 0 Å². The second-order valence-corrected chi connectivity index (χ2v) is 3.52. The number of carbonyl (C=O) groups is 1. The molecule has 12 heavy (non-hydrogen) atoms. The first kappa shape index (κ1) is 11.4. The van der Waals surface area contributed by atoms with Crippen LogP contribution >= 0.6 is 0 Å². The number of hydrogen-bond donors (Lipinski definition) is 2. The quantitative estimate of drug-likeness (QED) is 0.374. The van der Waals surface area contributed by atoms with Crippen LogP contribution in [0.2, 0.25) is 0 Å². The van der Waals surface area contributed by atoms with Crippen molar-refractivity contribution in [1.29, 1.82) is 0 Å². The molecule has 0 rings (SSSR count). The lowest BCUT2D eigenvalue weighted by Crippen LogP contribution is -2.44. The molecule has 0 saturated carbocycles. The first-order chi connectivity index (χ1) is 5.48. The minimum atomic E-state index is -0.362. The molecule has 72 valence electrons. The van der Waals surface area contributed by atoms with E-state index in [0.717, 1.165) is 0 Å². The Kier molecular flexibility index (Phi) is 4.85. The summed E-state index contributed by atoms with van der Waals surface area (Å²) in [7, 11) is 0. The Morgan fingerprint density at radius 1 is 1.42 bits per heavy atom. The Bertz CT molecular complexity index is 140. The van der Waals surface area contributed by atoms with Crippen LogP contribution in [0.1, 0.15) is 27.7 Å². The number of ether oxygens (including phenoxy) is 1. The van der Waals surface area contributed by atoms with E-state index < -0.39 is 0 Å². The van der Waals surface area contributed by atoms with E-state index in [9.17, 15) is 4.79 Å². The molecule has 0 heterocycles. The van der Waals surface area contributed by atoms with E-state index in [1.807, 2.05) is 27.7 Å². The van der Waals surface area contributed by atoms with Crippen LogP contribution in [0.3, 0.4) is 0 Å². The molecule has 0 aromatic carbocycles. The highest BCUT2D eigenvalue weighted by Gasteiger charge is 2.20. The van der Waals surface area contributed by atoms with Crippen LogP contribution in [-0.4, -0.2) is 19.2 Å². The molecule has 0 atom stereocenters. The van der Waals surface area contributed by atoms with Crippen LogP contribution in [0.5, 0.6) is 0 Å². The molecule has 0 aliphatic carbocycles. The fourth-order valence-corrected chi connectivity index (χ4v) is 0.457. The fourth-order valence-electron chi connectivity index (χ4n) is 0.457. The number of hydrogen-bond acceptors (Lipinski definition) is 3. The molecule has 0 aliphatic heterocycles. The van der Waals surface area contributed by atoms with Gasteiger partial charge >= 0.3 is 0 Å². The summed E-state index contributed by atoms with van der Waals surface area (Å²) in [6.07, 6.45) is 0. The molecule has 4 nitrogen and oxygen atoms in total. The summed E-state index contributed by atoms with van der Waals surface area (Å²) in [4.78, 5) is 11.2. The van der Waals surface area contributed by atoms with Crippen molar-refractivity contribution in [3.63, 3.8) is 0 Å². The van der Waals surface area contributed by atoms with E-state index in [1.54, 1.807) is 0 Å². The molecule has 0 aliphatic rings. The van der Waals surface area contributed by atoms with Gasteiger partial charge in [0, 0.05) is 12.0 Å². The summed E-state index contributed by atoms with van der Waals surface area (Å²) in [6, 6.07) is 0. The van der Waals surface area contributed by atoms with Gasteiger partial charge in [0.05, 0.1) is 0 Å². The Labute approximate surface area is 73.6 Å². The summed E-state index contributed by atoms with van der Waals surface area (Å²) >= 11 is 0. The Balaban J connectivity index is 3.45. The molecule has 0 bridgehead atoms. The molecule has 2 N–H and O–H groups in total. The van der Waals surface area contributed by atoms with Crippen molar-refractivity contribution in [3.8, 4) is 0 Å². The highest BCUT2D eigenvalue weighted by molar-refractivity contribution is 5.80. The van der Waals surface area contributed by atoms with Crippen molar-refractivity contribution in [2.24, 2.45) is 5.41 Å². The van der Waals surface area contributed by atoms with Crippen LogP contribution in [-0.2, 0) is 9.53 Å². The van der Waals surface area contributed by atoms with Gasteiger partial charge in [0.15, 0.2) is 0 Å². The van der Waals surface area contributed by atoms with Crippen molar-refractivity contribution in [3.05, 3.63) is 0 Å². The van der Waals surface area contributed by atoms with Crippen molar-refractivity contribution in [1.82, 2.24) is 10.9 Å². The summed E-state index contributed by atoms with van der Waals surface area (Å²) < 4.78 is 4.97. The zero-order valence-corrected chi connectivity index (χ0v) is 8.23. The van der Waals surface area contributed by atoms with Crippen molar-refractivity contribution in [2.45, 2.75) is 27.7 Å². The number of amides is 1. The second kappa shape index (κ2) is 5.11. The predicted octanol–water partition coefficient (Wildman–Crippen LogP) is 0.647. The van der Waals surface area contributed by atoms with Gasteiger partial charge in [-0.1, -0.05) is 20.8 Å². The molecule has 4 heteroatoms. The minimum absolute atomic E-state index is 0.0396. The number of nitrogens with one attached hydrogen (secondary N) is 2. The topological polar surface area (TPSA) is 50.4 Å². The van der Waals surface area contributed by atoms with Crippen LogP contribution in [0, 0.1) is 5.41 Å². The van der Waals surface area contributed by atoms with Crippen LogP contribution in [0.25, 0.3) is 0 Å². The molecule has 0 aromatic rings. The van der Waals surface area contributed by atoms with Crippen molar-refractivity contribution < 1.29 is 9.53 Å². The maximum absolute atomic E-state index is 11.2. The molecule has 0 fully saturated rings. The maximum atomic E-state index is 11.2. The van der Waals surface area contributed by atoms with E-state index >= 15 is 0 Å². The molecule has 0 unspecified atom stereocenters. The van der Waals surface area contributed by atoms with Gasteiger partial charge in [0.2, 0.25) is 5.91 Å². The summed E-state index contributed by atoms with van der Waals surface area (Å²) in [5.74, 6) is -0.0396. The minimum Gasteiger partial charge on any atom is -0.365 e. The Morgan fingerprint density at radius 3 is 2.42 bits per heavy atom. The lowest BCUT2D eigenvalue weighted by molar-refractivity contribution is -0.130. The molecular weight excluding hydrogens is 156 g/mol. The largest absolute Gasteiger partial charge is 0.365 e. The zero-order valence-electron chi connectivity index (χ0n) is 8.23. The summed E-state index contributed by atoms with van der Waals surface area (Å²) in [5, 5.41) is 0. The van der Waals surface area contributed by atoms with Gasteiger partial charge < -0.3 is 4.74 Å². The van der Waals surface area contributed by atoms with Gasteiger partial charge in [-0.2, -0.15) is 0 Å². The normalized spacial score (nSPS) is 11.3. The summed E-state index contributed by atoms with van der Waals surface area (Å²) in [6.45, 7) is 8.43. The second-order valence-electron chi connectivity index (χ2n) is 3.52. The predicted molar refractivity (Wildman–Crippen MR) is 47.2 cm³/mol. The molecular formula is C8H18N2O2.